The van der Waals surface area contributed by atoms with Crippen LogP contribution >= 0.6 is 0 Å². The molecule has 0 N–H and O–H groups in total. The van der Waals surface area contributed by atoms with Crippen LogP contribution in [-0.4, -0.2) is 26.5 Å². The molecule has 1 aliphatic heterocycles. The van der Waals surface area contributed by atoms with Gasteiger partial charge in [0, 0.05) is 0 Å². The Labute approximate surface area is 256 Å². The number of hydrogen-bond acceptors (Lipinski definition) is 0. The van der Waals surface area contributed by atoms with Crippen molar-refractivity contribution >= 4 is 50.9 Å². The van der Waals surface area contributed by atoms with Gasteiger partial charge in [-0.15, -0.1) is 0 Å². The Balaban J connectivity index is 1.90. The molecule has 0 aromatic heterocycles. The summed E-state index contributed by atoms with van der Waals surface area (Å²) in [6, 6.07) is 56.1. The van der Waals surface area contributed by atoms with Crippen molar-refractivity contribution in [2.45, 2.75) is 23.0 Å². The molecule has 0 bridgehead atoms. The number of hydrogen-bond donors (Lipinski definition) is 0. The standard InChI is InChI=1S/C40H38Ge2/c1-41(2)30-36(31-20-10-5-11-21-31)42(3,4)40(35-28-18-9-19-29-35)38(33-24-14-7-15-25-33)37(32-22-12-6-13-23-32)39(41)34-26-16-8-17-27-34/h5-30H,1-4H3/b36-30-,39-37-,40-38-. The molecule has 5 aromatic carbocycles. The van der Waals surface area contributed by atoms with Crippen molar-refractivity contribution < 1.29 is 0 Å². The van der Waals surface area contributed by atoms with Crippen LogP contribution < -0.4 is 0 Å². The maximum absolute atomic E-state index is 3.01. The summed E-state index contributed by atoms with van der Waals surface area (Å²) in [5.74, 6) is 10.4. The van der Waals surface area contributed by atoms with Gasteiger partial charge in [0.25, 0.3) is 0 Å². The fourth-order valence-corrected chi connectivity index (χ4v) is 27.5. The number of allylic oxidation sites excluding steroid dienone is 2. The van der Waals surface area contributed by atoms with Gasteiger partial charge in [-0.2, -0.15) is 0 Å². The van der Waals surface area contributed by atoms with E-state index in [2.05, 4.69) is 180 Å². The zero-order valence-corrected chi connectivity index (χ0v) is 29.2. The molecular formula is C40H38Ge2. The monoisotopic (exact) mass is 666 g/mol. The molecule has 0 fully saturated rings. The van der Waals surface area contributed by atoms with E-state index in [-0.39, 0.29) is 0 Å². The first-order chi connectivity index (χ1) is 20.4. The molecule has 0 nitrogen and oxygen atoms in total. The third kappa shape index (κ3) is 5.46. The van der Waals surface area contributed by atoms with Crippen molar-refractivity contribution in [2.75, 3.05) is 0 Å². The fraction of sp³-hybridized carbons (Fsp3) is 0.100. The molecule has 0 unspecified atom stereocenters. The zero-order chi connectivity index (χ0) is 29.2. The van der Waals surface area contributed by atoms with Gasteiger partial charge in [-0.05, 0) is 0 Å². The molecule has 2 heteroatoms. The van der Waals surface area contributed by atoms with E-state index in [1.54, 1.807) is 13.2 Å². The summed E-state index contributed by atoms with van der Waals surface area (Å²) in [5.41, 5.74) is 9.51. The molecule has 0 radical (unpaired) electrons. The minimum absolute atomic E-state index is 1.30. The summed E-state index contributed by atoms with van der Waals surface area (Å²) in [4.78, 5) is 2.81. The van der Waals surface area contributed by atoms with Crippen LogP contribution in [0.25, 0.3) is 24.4 Å². The van der Waals surface area contributed by atoms with Crippen molar-refractivity contribution in [3.05, 3.63) is 184 Å². The number of benzene rings is 5. The fourth-order valence-electron chi connectivity index (χ4n) is 6.71. The van der Waals surface area contributed by atoms with E-state index >= 15 is 0 Å². The summed E-state index contributed by atoms with van der Waals surface area (Å²) in [6.07, 6.45) is 0. The van der Waals surface area contributed by atoms with Crippen molar-refractivity contribution in [3.8, 4) is 0 Å². The maximum atomic E-state index is 2.81. The van der Waals surface area contributed by atoms with E-state index < -0.39 is 26.5 Å². The van der Waals surface area contributed by atoms with Gasteiger partial charge >= 0.3 is 258 Å². The molecule has 206 valence electrons. The first-order valence-electron chi connectivity index (χ1n) is 14.9. The van der Waals surface area contributed by atoms with Gasteiger partial charge in [-0.1, -0.05) is 0 Å². The van der Waals surface area contributed by atoms with Crippen LogP contribution in [-0.2, 0) is 0 Å². The van der Waals surface area contributed by atoms with E-state index in [1.807, 2.05) is 0 Å². The van der Waals surface area contributed by atoms with Crippen molar-refractivity contribution in [1.29, 1.82) is 0 Å². The Kier molecular flexibility index (Phi) is 8.12. The summed E-state index contributed by atoms with van der Waals surface area (Å²) in [6.45, 7) is 0. The van der Waals surface area contributed by atoms with Gasteiger partial charge < -0.3 is 0 Å². The first-order valence-corrected chi connectivity index (χ1v) is 27.6. The molecule has 1 heterocycles. The van der Waals surface area contributed by atoms with Gasteiger partial charge in [0.05, 0.1) is 0 Å². The molecule has 0 saturated heterocycles. The van der Waals surface area contributed by atoms with E-state index in [1.165, 1.54) is 39.0 Å². The Morgan fingerprint density at radius 3 is 1.05 bits per heavy atom. The van der Waals surface area contributed by atoms with Crippen molar-refractivity contribution in [2.24, 2.45) is 0 Å². The molecule has 0 aliphatic carbocycles. The summed E-state index contributed by atoms with van der Waals surface area (Å²) in [7, 11) is 0. The van der Waals surface area contributed by atoms with Crippen LogP contribution in [0.1, 0.15) is 27.8 Å². The number of rotatable bonds is 5. The zero-order valence-electron chi connectivity index (χ0n) is 25.0. The second-order valence-electron chi connectivity index (χ2n) is 12.2. The summed E-state index contributed by atoms with van der Waals surface area (Å²) < 4.78 is 4.69. The molecule has 0 atom stereocenters. The van der Waals surface area contributed by atoms with E-state index in [9.17, 15) is 0 Å². The topological polar surface area (TPSA) is 0 Å². The van der Waals surface area contributed by atoms with Crippen LogP contribution in [0.15, 0.2) is 157 Å². The summed E-state index contributed by atoms with van der Waals surface area (Å²) in [5, 5.41) is 0. The second-order valence-corrected chi connectivity index (χ2v) is 30.1. The third-order valence-corrected chi connectivity index (χ3v) is 23.2. The Bertz CT molecular complexity index is 1760. The Morgan fingerprint density at radius 1 is 0.333 bits per heavy atom. The predicted octanol–water partition coefficient (Wildman–Crippen LogP) is 10.9. The molecule has 6 rings (SSSR count). The van der Waals surface area contributed by atoms with Crippen molar-refractivity contribution in [3.63, 3.8) is 0 Å². The van der Waals surface area contributed by atoms with Crippen molar-refractivity contribution in [1.82, 2.24) is 0 Å². The predicted molar refractivity (Wildman–Crippen MR) is 189 cm³/mol. The molecule has 42 heavy (non-hydrogen) atoms. The van der Waals surface area contributed by atoms with Gasteiger partial charge in [0.1, 0.15) is 0 Å². The third-order valence-electron chi connectivity index (χ3n) is 8.53. The molecule has 1 aliphatic rings. The van der Waals surface area contributed by atoms with Crippen LogP contribution in [0.3, 0.4) is 0 Å². The van der Waals surface area contributed by atoms with E-state index in [4.69, 9.17) is 0 Å². The second kappa shape index (κ2) is 12.0. The van der Waals surface area contributed by atoms with Crippen LogP contribution in [0.5, 0.6) is 0 Å². The molecule has 0 amide bonds. The Hall–Kier alpha value is -3.59. The van der Waals surface area contributed by atoms with Gasteiger partial charge in [0.2, 0.25) is 0 Å². The Morgan fingerprint density at radius 2 is 0.643 bits per heavy atom. The van der Waals surface area contributed by atoms with Gasteiger partial charge in [-0.25, -0.2) is 0 Å². The quantitative estimate of drug-likeness (QED) is 0.164. The van der Waals surface area contributed by atoms with E-state index in [0.717, 1.165) is 0 Å². The average molecular weight is 664 g/mol. The van der Waals surface area contributed by atoms with Crippen LogP contribution in [0.2, 0.25) is 23.0 Å². The normalized spacial score (nSPS) is 21.1. The first kappa shape index (κ1) is 28.5. The van der Waals surface area contributed by atoms with Gasteiger partial charge in [-0.3, -0.25) is 0 Å². The van der Waals surface area contributed by atoms with Crippen LogP contribution in [0, 0.1) is 0 Å². The summed E-state index contributed by atoms with van der Waals surface area (Å²) >= 11 is -5.89. The molecule has 0 saturated carbocycles. The van der Waals surface area contributed by atoms with Crippen LogP contribution in [0.4, 0.5) is 0 Å². The van der Waals surface area contributed by atoms with E-state index in [0.29, 0.717) is 0 Å². The minimum atomic E-state index is -3.01. The van der Waals surface area contributed by atoms with Gasteiger partial charge in [0.15, 0.2) is 0 Å². The molecule has 5 aromatic rings. The SMILES string of the molecule is [CH3][Ge]1([CH3])/[CH]=[C](/c2ccccc2)[Ge]([CH3])([CH3])/[C](c2ccccc2)=C(c2ccccc2)\C(c2ccccc2)=[C]/1c1ccccc1. The average Bonchev–Trinajstić information content (AvgIpc) is 3.03. The molecule has 0 spiro atoms. The molecular weight excluding hydrogens is 626 g/mol.